The fraction of sp³-hybridized carbons (Fsp3) is 0.619. The minimum Gasteiger partial charge on any atom is -0.333 e. The van der Waals surface area contributed by atoms with Gasteiger partial charge in [0.2, 0.25) is 0 Å². The fourth-order valence-corrected chi connectivity index (χ4v) is 3.29. The van der Waals surface area contributed by atoms with E-state index >= 15 is 0 Å². The summed E-state index contributed by atoms with van der Waals surface area (Å²) in [4.78, 5) is 9.43. The molecular weight excluding hydrogens is 294 g/mol. The van der Waals surface area contributed by atoms with Crippen molar-refractivity contribution in [2.75, 3.05) is 0 Å². The van der Waals surface area contributed by atoms with Crippen molar-refractivity contribution in [2.45, 2.75) is 85.2 Å². The summed E-state index contributed by atoms with van der Waals surface area (Å²) in [5.41, 5.74) is 4.19. The molecule has 0 radical (unpaired) electrons. The van der Waals surface area contributed by atoms with E-state index in [-0.39, 0.29) is 6.17 Å². The van der Waals surface area contributed by atoms with Gasteiger partial charge in [0.1, 0.15) is 11.7 Å². The lowest BCUT2D eigenvalue weighted by molar-refractivity contribution is 0.688. The first-order chi connectivity index (χ1) is 11.6. The summed E-state index contributed by atoms with van der Waals surface area (Å²) in [6.45, 7) is 8.55. The number of aryl methyl sites for hydroxylation is 2. The van der Waals surface area contributed by atoms with E-state index < -0.39 is 0 Å². The highest BCUT2D eigenvalue weighted by molar-refractivity contribution is 6.00. The van der Waals surface area contributed by atoms with Crippen molar-refractivity contribution in [3.05, 3.63) is 34.9 Å². The molecule has 0 saturated carbocycles. The molecule has 0 amide bonds. The van der Waals surface area contributed by atoms with Gasteiger partial charge in [-0.15, -0.1) is 0 Å². The van der Waals surface area contributed by atoms with Crippen molar-refractivity contribution >= 4 is 11.7 Å². The minimum absolute atomic E-state index is 0.0763. The van der Waals surface area contributed by atoms with Crippen LogP contribution in [0.15, 0.2) is 28.2 Å². The topological polar surface area (TPSA) is 36.8 Å². The molecule has 0 saturated heterocycles. The number of benzene rings is 1. The van der Waals surface area contributed by atoms with Gasteiger partial charge in [0, 0.05) is 5.56 Å². The maximum atomic E-state index is 4.71. The molecule has 0 aromatic heterocycles. The molecule has 1 aliphatic rings. The number of hydrogen-bond donors (Lipinski definition) is 1. The number of nitrogens with zero attached hydrogens (tertiary/aromatic N) is 2. The molecule has 0 spiro atoms. The van der Waals surface area contributed by atoms with E-state index in [1.54, 1.807) is 0 Å². The van der Waals surface area contributed by atoms with Gasteiger partial charge in [0.15, 0.2) is 6.17 Å². The van der Waals surface area contributed by atoms with Crippen LogP contribution in [0.5, 0.6) is 0 Å². The molecule has 3 nitrogen and oxygen atoms in total. The zero-order chi connectivity index (χ0) is 17.4. The Morgan fingerprint density at radius 1 is 0.875 bits per heavy atom. The first-order valence-electron chi connectivity index (χ1n) is 9.61. The standard InChI is InChI=1S/C21H33N3/c1-5-7-9-11-18-13-14-20(19(15-18)12-10-8-6-2)21-23-16(3)22-17(4)24-21/h13-15,21H,5-12H2,1-4H3,(H,22,23,24). The van der Waals surface area contributed by atoms with Gasteiger partial charge in [-0.05, 0) is 50.7 Å². The Hall–Kier alpha value is -1.64. The van der Waals surface area contributed by atoms with Gasteiger partial charge < -0.3 is 5.32 Å². The summed E-state index contributed by atoms with van der Waals surface area (Å²) in [6.07, 6.45) is 9.91. The largest absolute Gasteiger partial charge is 0.333 e. The SMILES string of the molecule is CCCCCc1ccc(C2N=C(C)NC(C)=N2)c(CCCCC)c1. The fourth-order valence-electron chi connectivity index (χ4n) is 3.29. The summed E-state index contributed by atoms with van der Waals surface area (Å²) in [7, 11) is 0. The number of aliphatic imine (C=N–C) groups is 2. The van der Waals surface area contributed by atoms with Crippen LogP contribution in [0.3, 0.4) is 0 Å². The Balaban J connectivity index is 2.22. The van der Waals surface area contributed by atoms with Crippen molar-refractivity contribution < 1.29 is 0 Å². The van der Waals surface area contributed by atoms with Gasteiger partial charge in [-0.1, -0.05) is 57.7 Å². The average Bonchev–Trinajstić information content (AvgIpc) is 2.55. The van der Waals surface area contributed by atoms with Crippen LogP contribution < -0.4 is 5.32 Å². The van der Waals surface area contributed by atoms with E-state index in [1.165, 1.54) is 61.6 Å². The highest BCUT2D eigenvalue weighted by Gasteiger charge is 2.17. The first-order valence-corrected chi connectivity index (χ1v) is 9.61. The maximum absolute atomic E-state index is 4.71. The molecule has 0 aliphatic carbocycles. The predicted octanol–water partition coefficient (Wildman–Crippen LogP) is 5.59. The summed E-state index contributed by atoms with van der Waals surface area (Å²) in [5.74, 6) is 1.91. The third-order valence-corrected chi connectivity index (χ3v) is 4.60. The average molecular weight is 328 g/mol. The number of hydrogen-bond acceptors (Lipinski definition) is 3. The number of amidine groups is 2. The van der Waals surface area contributed by atoms with Crippen LogP contribution in [0, 0.1) is 0 Å². The molecule has 1 heterocycles. The highest BCUT2D eigenvalue weighted by Crippen LogP contribution is 2.28. The second kappa shape index (κ2) is 9.61. The first kappa shape index (κ1) is 18.7. The lowest BCUT2D eigenvalue weighted by Crippen LogP contribution is -2.30. The zero-order valence-corrected chi connectivity index (χ0v) is 15.9. The summed E-state index contributed by atoms with van der Waals surface area (Å²) in [5, 5.41) is 3.20. The number of unbranched alkanes of at least 4 members (excludes halogenated alkanes) is 4. The third-order valence-electron chi connectivity index (χ3n) is 4.60. The molecule has 1 aromatic carbocycles. The van der Waals surface area contributed by atoms with E-state index in [2.05, 4.69) is 37.4 Å². The predicted molar refractivity (Wildman–Crippen MR) is 105 cm³/mol. The Labute approximate surface area is 147 Å². The number of rotatable bonds is 9. The van der Waals surface area contributed by atoms with Gasteiger partial charge in [-0.25, -0.2) is 9.98 Å². The molecule has 24 heavy (non-hydrogen) atoms. The lowest BCUT2D eigenvalue weighted by Gasteiger charge is -2.21. The van der Waals surface area contributed by atoms with Crippen molar-refractivity contribution in [1.29, 1.82) is 0 Å². The Morgan fingerprint density at radius 3 is 2.12 bits per heavy atom. The molecule has 1 N–H and O–H groups in total. The second-order valence-electron chi connectivity index (χ2n) is 6.88. The smallest absolute Gasteiger partial charge is 0.169 e. The van der Waals surface area contributed by atoms with Gasteiger partial charge in [-0.3, -0.25) is 0 Å². The van der Waals surface area contributed by atoms with Crippen molar-refractivity contribution in [2.24, 2.45) is 9.98 Å². The van der Waals surface area contributed by atoms with Gasteiger partial charge in [-0.2, -0.15) is 0 Å². The van der Waals surface area contributed by atoms with E-state index in [4.69, 9.17) is 9.98 Å². The molecule has 0 bridgehead atoms. The normalized spacial score (nSPS) is 15.0. The van der Waals surface area contributed by atoms with Crippen LogP contribution in [-0.2, 0) is 12.8 Å². The van der Waals surface area contributed by atoms with Gasteiger partial charge >= 0.3 is 0 Å². The third kappa shape index (κ3) is 5.47. The summed E-state index contributed by atoms with van der Waals surface area (Å²) in [6, 6.07) is 6.97. The van der Waals surface area contributed by atoms with Crippen LogP contribution in [0.1, 0.15) is 89.1 Å². The van der Waals surface area contributed by atoms with Gasteiger partial charge in [0.25, 0.3) is 0 Å². The van der Waals surface area contributed by atoms with Crippen LogP contribution in [-0.4, -0.2) is 11.7 Å². The van der Waals surface area contributed by atoms with Crippen LogP contribution in [0.2, 0.25) is 0 Å². The maximum Gasteiger partial charge on any atom is 0.169 e. The van der Waals surface area contributed by atoms with Crippen molar-refractivity contribution in [3.8, 4) is 0 Å². The van der Waals surface area contributed by atoms with E-state index in [1.807, 2.05) is 13.8 Å². The molecule has 3 heteroatoms. The molecule has 1 aliphatic heterocycles. The molecule has 0 fully saturated rings. The molecule has 0 unspecified atom stereocenters. The van der Waals surface area contributed by atoms with Crippen molar-refractivity contribution in [3.63, 3.8) is 0 Å². The zero-order valence-electron chi connectivity index (χ0n) is 15.9. The van der Waals surface area contributed by atoms with Crippen LogP contribution in [0.25, 0.3) is 0 Å². The molecular formula is C21H33N3. The van der Waals surface area contributed by atoms with Crippen LogP contribution >= 0.6 is 0 Å². The second-order valence-corrected chi connectivity index (χ2v) is 6.88. The minimum atomic E-state index is -0.0763. The molecule has 0 atom stereocenters. The van der Waals surface area contributed by atoms with Gasteiger partial charge in [0.05, 0.1) is 0 Å². The Morgan fingerprint density at radius 2 is 1.50 bits per heavy atom. The molecule has 132 valence electrons. The van der Waals surface area contributed by atoms with Crippen LogP contribution in [0.4, 0.5) is 0 Å². The van der Waals surface area contributed by atoms with E-state index in [0.717, 1.165) is 18.1 Å². The monoisotopic (exact) mass is 327 g/mol. The molecule has 2 rings (SSSR count). The Kier molecular flexibility index (Phi) is 7.48. The van der Waals surface area contributed by atoms with E-state index in [9.17, 15) is 0 Å². The van der Waals surface area contributed by atoms with Crippen molar-refractivity contribution in [1.82, 2.24) is 5.32 Å². The summed E-state index contributed by atoms with van der Waals surface area (Å²) < 4.78 is 0. The quantitative estimate of drug-likeness (QED) is 0.590. The van der Waals surface area contributed by atoms with E-state index in [0.29, 0.717) is 0 Å². The molecule has 1 aromatic rings. The number of nitrogens with one attached hydrogen (secondary N) is 1. The summed E-state index contributed by atoms with van der Waals surface area (Å²) >= 11 is 0. The Bertz CT molecular complexity index is 569. The lowest BCUT2D eigenvalue weighted by atomic mass is 9.95. The highest BCUT2D eigenvalue weighted by atomic mass is 15.2.